The molecule has 0 aliphatic rings. The molecule has 2 rings (SSSR count). The van der Waals surface area contributed by atoms with Gasteiger partial charge in [0, 0.05) is 11.8 Å². The van der Waals surface area contributed by atoms with Crippen LogP contribution in [0.2, 0.25) is 0 Å². The van der Waals surface area contributed by atoms with Gasteiger partial charge in [0.2, 0.25) is 0 Å². The molecule has 0 aliphatic heterocycles. The van der Waals surface area contributed by atoms with Crippen LogP contribution in [0.5, 0.6) is 0 Å². The minimum atomic E-state index is -0.304. The average Bonchev–Trinajstić information content (AvgIpc) is 2.86. The van der Waals surface area contributed by atoms with Crippen LogP contribution in [0.4, 0.5) is 5.82 Å². The van der Waals surface area contributed by atoms with Gasteiger partial charge < -0.3 is 9.84 Å². The molecular formula is C11H14N4O2. The highest BCUT2D eigenvalue weighted by Gasteiger charge is 2.13. The average molecular weight is 234 g/mol. The summed E-state index contributed by atoms with van der Waals surface area (Å²) >= 11 is 0. The highest BCUT2D eigenvalue weighted by atomic mass is 16.5. The van der Waals surface area contributed by atoms with E-state index in [1.807, 2.05) is 13.8 Å². The minimum Gasteiger partial charge on any atom is -0.360 e. The standard InChI is InChI=1S/C11H14N4O2/c1-6(2)8-5-9(14-13-8)11(16)12-10-4-7(3)17-15-10/h4-6H,1-3H3,(H,13,14)(H,12,15,16). The number of H-pyrrole nitrogens is 1. The molecule has 0 atom stereocenters. The maximum Gasteiger partial charge on any atom is 0.277 e. The van der Waals surface area contributed by atoms with Crippen LogP contribution in [0.3, 0.4) is 0 Å². The van der Waals surface area contributed by atoms with Crippen molar-refractivity contribution in [2.75, 3.05) is 5.32 Å². The van der Waals surface area contributed by atoms with Gasteiger partial charge in [0.15, 0.2) is 11.5 Å². The maximum atomic E-state index is 11.8. The molecule has 0 saturated carbocycles. The quantitative estimate of drug-likeness (QED) is 0.851. The van der Waals surface area contributed by atoms with Gasteiger partial charge in [0.1, 0.15) is 5.76 Å². The summed E-state index contributed by atoms with van der Waals surface area (Å²) in [6.45, 7) is 5.81. The first kappa shape index (κ1) is 11.4. The summed E-state index contributed by atoms with van der Waals surface area (Å²) in [7, 11) is 0. The zero-order chi connectivity index (χ0) is 12.4. The van der Waals surface area contributed by atoms with Crippen molar-refractivity contribution < 1.29 is 9.32 Å². The third-order valence-electron chi connectivity index (χ3n) is 2.32. The summed E-state index contributed by atoms with van der Waals surface area (Å²) in [5.74, 6) is 1.03. The molecule has 0 unspecified atom stereocenters. The second kappa shape index (κ2) is 4.40. The molecule has 6 nitrogen and oxygen atoms in total. The number of carbonyl (C=O) groups is 1. The van der Waals surface area contributed by atoms with Crippen LogP contribution < -0.4 is 5.32 Å². The molecule has 0 saturated heterocycles. The fraction of sp³-hybridized carbons (Fsp3) is 0.364. The van der Waals surface area contributed by atoms with Crippen molar-refractivity contribution in [1.82, 2.24) is 15.4 Å². The maximum absolute atomic E-state index is 11.8. The molecule has 2 aromatic heterocycles. The van der Waals surface area contributed by atoms with E-state index in [-0.39, 0.29) is 5.91 Å². The molecule has 0 spiro atoms. The highest BCUT2D eigenvalue weighted by Crippen LogP contribution is 2.13. The van der Waals surface area contributed by atoms with Crippen molar-refractivity contribution in [2.24, 2.45) is 0 Å². The van der Waals surface area contributed by atoms with Crippen LogP contribution >= 0.6 is 0 Å². The lowest BCUT2D eigenvalue weighted by Gasteiger charge is -1.97. The van der Waals surface area contributed by atoms with Crippen molar-refractivity contribution in [3.63, 3.8) is 0 Å². The first-order valence-corrected chi connectivity index (χ1v) is 5.36. The number of hydrogen-bond donors (Lipinski definition) is 2. The number of rotatable bonds is 3. The largest absolute Gasteiger partial charge is 0.360 e. The van der Waals surface area contributed by atoms with Gasteiger partial charge in [0.05, 0.1) is 0 Å². The SMILES string of the molecule is Cc1cc(NC(=O)c2cc(C(C)C)[nH]n2)no1. The second-order valence-corrected chi connectivity index (χ2v) is 4.14. The number of hydrogen-bond acceptors (Lipinski definition) is 4. The lowest BCUT2D eigenvalue weighted by Crippen LogP contribution is -2.12. The lowest BCUT2D eigenvalue weighted by atomic mass is 10.1. The number of nitrogens with zero attached hydrogens (tertiary/aromatic N) is 2. The predicted molar refractivity (Wildman–Crippen MR) is 61.9 cm³/mol. The predicted octanol–water partition coefficient (Wildman–Crippen LogP) is 2.08. The van der Waals surface area contributed by atoms with Crippen LogP contribution in [0.1, 0.15) is 41.7 Å². The summed E-state index contributed by atoms with van der Waals surface area (Å²) in [6.07, 6.45) is 0. The molecule has 0 bridgehead atoms. The van der Waals surface area contributed by atoms with E-state index in [4.69, 9.17) is 4.52 Å². The summed E-state index contributed by atoms with van der Waals surface area (Å²) in [6, 6.07) is 3.38. The Morgan fingerprint density at radius 2 is 2.24 bits per heavy atom. The zero-order valence-electron chi connectivity index (χ0n) is 9.94. The third kappa shape index (κ3) is 2.52. The molecule has 6 heteroatoms. The van der Waals surface area contributed by atoms with E-state index >= 15 is 0 Å². The monoisotopic (exact) mass is 234 g/mol. The molecule has 17 heavy (non-hydrogen) atoms. The van der Waals surface area contributed by atoms with Crippen molar-refractivity contribution >= 4 is 11.7 Å². The highest BCUT2D eigenvalue weighted by molar-refractivity contribution is 6.02. The Kier molecular flexibility index (Phi) is 2.95. The van der Waals surface area contributed by atoms with E-state index in [0.29, 0.717) is 23.2 Å². The first-order valence-electron chi connectivity index (χ1n) is 5.36. The van der Waals surface area contributed by atoms with Gasteiger partial charge in [-0.15, -0.1) is 0 Å². The van der Waals surface area contributed by atoms with Crippen molar-refractivity contribution in [2.45, 2.75) is 26.7 Å². The third-order valence-corrected chi connectivity index (χ3v) is 2.32. The van der Waals surface area contributed by atoms with E-state index in [9.17, 15) is 4.79 Å². The van der Waals surface area contributed by atoms with Crippen LogP contribution in [0.25, 0.3) is 0 Å². The Labute approximate surface area is 98.4 Å². The summed E-state index contributed by atoms with van der Waals surface area (Å²) in [5.41, 5.74) is 1.26. The molecule has 0 aromatic carbocycles. The summed E-state index contributed by atoms with van der Waals surface area (Å²) in [4.78, 5) is 11.8. The lowest BCUT2D eigenvalue weighted by molar-refractivity contribution is 0.102. The molecule has 2 heterocycles. The van der Waals surface area contributed by atoms with Crippen molar-refractivity contribution in [3.8, 4) is 0 Å². The number of aromatic amines is 1. The van der Waals surface area contributed by atoms with Gasteiger partial charge in [0.25, 0.3) is 5.91 Å². The summed E-state index contributed by atoms with van der Waals surface area (Å²) < 4.78 is 4.85. The second-order valence-electron chi connectivity index (χ2n) is 4.14. The Bertz CT molecular complexity index is 527. The summed E-state index contributed by atoms with van der Waals surface area (Å²) in [5, 5.41) is 13.1. The Morgan fingerprint density at radius 1 is 1.47 bits per heavy atom. The Morgan fingerprint density at radius 3 is 2.76 bits per heavy atom. The number of carbonyl (C=O) groups excluding carboxylic acids is 1. The van der Waals surface area contributed by atoms with E-state index < -0.39 is 0 Å². The van der Waals surface area contributed by atoms with Gasteiger partial charge in [-0.25, -0.2) is 0 Å². The molecular weight excluding hydrogens is 220 g/mol. The van der Waals surface area contributed by atoms with Crippen LogP contribution in [-0.2, 0) is 0 Å². The molecule has 2 aromatic rings. The van der Waals surface area contributed by atoms with Gasteiger partial charge >= 0.3 is 0 Å². The van der Waals surface area contributed by atoms with Crippen molar-refractivity contribution in [1.29, 1.82) is 0 Å². The van der Waals surface area contributed by atoms with Crippen LogP contribution in [0, 0.1) is 6.92 Å². The number of anilines is 1. The fourth-order valence-corrected chi connectivity index (χ4v) is 1.35. The first-order chi connectivity index (χ1) is 8.06. The van der Waals surface area contributed by atoms with Crippen LogP contribution in [0.15, 0.2) is 16.7 Å². The topological polar surface area (TPSA) is 83.8 Å². The smallest absolute Gasteiger partial charge is 0.277 e. The normalized spacial score (nSPS) is 10.8. The van der Waals surface area contributed by atoms with E-state index in [1.54, 1.807) is 19.1 Å². The van der Waals surface area contributed by atoms with Gasteiger partial charge in [-0.1, -0.05) is 19.0 Å². The molecule has 90 valence electrons. The van der Waals surface area contributed by atoms with Gasteiger partial charge in [-0.2, -0.15) is 5.10 Å². The number of amides is 1. The minimum absolute atomic E-state index is 0.304. The molecule has 1 amide bonds. The van der Waals surface area contributed by atoms with Crippen molar-refractivity contribution in [3.05, 3.63) is 29.3 Å². The number of nitrogens with one attached hydrogen (secondary N) is 2. The van der Waals surface area contributed by atoms with Gasteiger partial charge in [-0.3, -0.25) is 9.89 Å². The van der Waals surface area contributed by atoms with E-state index in [0.717, 1.165) is 5.69 Å². The molecule has 2 N–H and O–H groups in total. The van der Waals surface area contributed by atoms with E-state index in [2.05, 4.69) is 20.7 Å². The van der Waals surface area contributed by atoms with E-state index in [1.165, 1.54) is 0 Å². The molecule has 0 fully saturated rings. The van der Waals surface area contributed by atoms with Gasteiger partial charge in [-0.05, 0) is 18.9 Å². The zero-order valence-corrected chi connectivity index (χ0v) is 9.94. The fourth-order valence-electron chi connectivity index (χ4n) is 1.35. The number of aryl methyl sites for hydroxylation is 1. The Hall–Kier alpha value is -2.11. The van der Waals surface area contributed by atoms with Crippen LogP contribution in [-0.4, -0.2) is 21.3 Å². The molecule has 0 aliphatic carbocycles. The molecule has 0 radical (unpaired) electrons. The Balaban J connectivity index is 2.09. The number of aromatic nitrogens is 3.